The molecule has 1 amide bonds. The zero-order valence-corrected chi connectivity index (χ0v) is 20.4. The second-order valence-electron chi connectivity index (χ2n) is 8.05. The number of rotatable bonds is 8. The first-order chi connectivity index (χ1) is 16.5. The topological polar surface area (TPSA) is 99.0 Å². The fourth-order valence-electron chi connectivity index (χ4n) is 3.97. The Morgan fingerprint density at radius 1 is 1.26 bits per heavy atom. The van der Waals surface area contributed by atoms with Crippen molar-refractivity contribution in [3.05, 3.63) is 64.1 Å². The Labute approximate surface area is 204 Å². The molecule has 8 nitrogen and oxygen atoms in total. The van der Waals surface area contributed by atoms with Crippen molar-refractivity contribution in [3.63, 3.8) is 0 Å². The van der Waals surface area contributed by atoms with Gasteiger partial charge in [-0.25, -0.2) is 15.0 Å². The van der Waals surface area contributed by atoms with Gasteiger partial charge in [0.05, 0.1) is 35.7 Å². The fourth-order valence-corrected chi connectivity index (χ4v) is 5.88. The van der Waals surface area contributed by atoms with Crippen LogP contribution in [0, 0.1) is 12.8 Å². The van der Waals surface area contributed by atoms with Gasteiger partial charge in [0.15, 0.2) is 5.78 Å². The number of ether oxygens (including phenoxy) is 1. The zero-order chi connectivity index (χ0) is 23.7. The third kappa shape index (κ3) is 4.69. The van der Waals surface area contributed by atoms with Gasteiger partial charge in [-0.15, -0.1) is 11.3 Å². The summed E-state index contributed by atoms with van der Waals surface area (Å²) < 4.78 is 7.34. The maximum absolute atomic E-state index is 12.8. The molecule has 0 aliphatic carbocycles. The van der Waals surface area contributed by atoms with Crippen molar-refractivity contribution < 1.29 is 14.3 Å². The summed E-state index contributed by atoms with van der Waals surface area (Å²) in [6.45, 7) is 2.92. The fraction of sp³-hybridized carbons (Fsp3) is 0.292. The molecule has 174 valence electrons. The molecule has 1 aromatic carbocycles. The number of benzene rings is 1. The number of hydrogen-bond acceptors (Lipinski definition) is 8. The van der Waals surface area contributed by atoms with Crippen molar-refractivity contribution in [1.82, 2.24) is 24.8 Å². The number of thioether (sulfide) groups is 1. The minimum atomic E-state index is -0.0917. The Morgan fingerprint density at radius 2 is 2.15 bits per heavy atom. The number of thiophene rings is 1. The lowest BCUT2D eigenvalue weighted by Gasteiger charge is -2.09. The van der Waals surface area contributed by atoms with Crippen LogP contribution in [0.5, 0.6) is 5.75 Å². The predicted octanol–water partition coefficient (Wildman–Crippen LogP) is 3.67. The molecule has 0 saturated carbocycles. The first-order valence-electron chi connectivity index (χ1n) is 10.8. The first-order valence-corrected chi connectivity index (χ1v) is 12.6. The van der Waals surface area contributed by atoms with E-state index < -0.39 is 0 Å². The number of amides is 1. The number of aryl methyl sites for hydroxylation is 1. The van der Waals surface area contributed by atoms with Crippen molar-refractivity contribution >= 4 is 45.7 Å². The van der Waals surface area contributed by atoms with Crippen LogP contribution in [0.2, 0.25) is 0 Å². The number of fused-ring (bicyclic) bond motifs is 2. The van der Waals surface area contributed by atoms with E-state index in [0.29, 0.717) is 30.2 Å². The molecule has 1 N–H and O–H groups in total. The monoisotopic (exact) mass is 493 g/mol. The lowest BCUT2D eigenvalue weighted by atomic mass is 10.1. The number of aromatic nitrogens is 4. The zero-order valence-electron chi connectivity index (χ0n) is 18.8. The highest BCUT2D eigenvalue weighted by Crippen LogP contribution is 2.30. The molecule has 4 heterocycles. The van der Waals surface area contributed by atoms with Gasteiger partial charge in [-0.2, -0.15) is 0 Å². The molecule has 34 heavy (non-hydrogen) atoms. The van der Waals surface area contributed by atoms with Gasteiger partial charge in [0.2, 0.25) is 5.91 Å². The first kappa shape index (κ1) is 22.5. The van der Waals surface area contributed by atoms with Gasteiger partial charge in [0, 0.05) is 35.6 Å². The molecule has 1 unspecified atom stereocenters. The average Bonchev–Trinajstić information content (AvgIpc) is 3.57. The number of nitrogens with one attached hydrogen (secondary N) is 1. The molecule has 10 heteroatoms. The summed E-state index contributed by atoms with van der Waals surface area (Å²) in [7, 11) is 1.62. The molecular weight excluding hydrogens is 470 g/mol. The quantitative estimate of drug-likeness (QED) is 0.227. The van der Waals surface area contributed by atoms with Crippen LogP contribution in [0.3, 0.4) is 0 Å². The molecule has 1 aliphatic rings. The minimum absolute atomic E-state index is 0.0174. The summed E-state index contributed by atoms with van der Waals surface area (Å²) in [6.07, 6.45) is 4.32. The number of carbonyl (C=O) groups is 2. The smallest absolute Gasteiger partial charge is 0.225 e. The van der Waals surface area contributed by atoms with E-state index in [4.69, 9.17) is 4.74 Å². The van der Waals surface area contributed by atoms with Crippen LogP contribution >= 0.6 is 23.1 Å². The predicted molar refractivity (Wildman–Crippen MR) is 131 cm³/mol. The van der Waals surface area contributed by atoms with Crippen LogP contribution in [-0.4, -0.2) is 44.1 Å². The van der Waals surface area contributed by atoms with Crippen LogP contribution in [-0.2, 0) is 24.3 Å². The van der Waals surface area contributed by atoms with Gasteiger partial charge in [-0.3, -0.25) is 9.59 Å². The molecule has 0 fully saturated rings. The van der Waals surface area contributed by atoms with E-state index in [0.717, 1.165) is 32.4 Å². The van der Waals surface area contributed by atoms with Gasteiger partial charge >= 0.3 is 0 Å². The Morgan fingerprint density at radius 3 is 2.97 bits per heavy atom. The molecule has 1 atom stereocenters. The number of carbonyl (C=O) groups excluding carboxylic acids is 2. The molecule has 0 bridgehead atoms. The third-order valence-electron chi connectivity index (χ3n) is 5.71. The second kappa shape index (κ2) is 9.55. The number of Topliss-reactive ketones (excluding diaryl/α,β-unsaturated/α-hetero) is 1. The van der Waals surface area contributed by atoms with Crippen LogP contribution in [0.15, 0.2) is 47.8 Å². The highest BCUT2D eigenvalue weighted by molar-refractivity contribution is 8.00. The average molecular weight is 494 g/mol. The Balaban J connectivity index is 1.19. The van der Waals surface area contributed by atoms with Crippen molar-refractivity contribution in [3.8, 4) is 5.75 Å². The molecule has 1 aliphatic heterocycles. The van der Waals surface area contributed by atoms with Crippen molar-refractivity contribution in [2.75, 3.05) is 12.9 Å². The standard InChI is InChI=1S/C24H23N5O3S2/c1-14-27-19-5-3-16(32-2)10-18(19)24(28-14)33-13-20(30)21-6-4-17(34-21)11-26-23(31)15-9-22-25-7-8-29(22)12-15/h3-8,10,15H,9,11-13H2,1-2H3,(H,26,31). The summed E-state index contributed by atoms with van der Waals surface area (Å²) in [5.74, 6) is 2.55. The summed E-state index contributed by atoms with van der Waals surface area (Å²) in [6, 6.07) is 9.38. The van der Waals surface area contributed by atoms with Crippen LogP contribution in [0.1, 0.15) is 26.2 Å². The molecule has 0 spiro atoms. The van der Waals surface area contributed by atoms with Crippen molar-refractivity contribution in [1.29, 1.82) is 0 Å². The summed E-state index contributed by atoms with van der Waals surface area (Å²) in [5, 5.41) is 4.62. The molecule has 0 saturated heterocycles. The number of hydrogen-bond donors (Lipinski definition) is 1. The molecule has 3 aromatic heterocycles. The van der Waals surface area contributed by atoms with Gasteiger partial charge in [-0.05, 0) is 37.3 Å². The lowest BCUT2D eigenvalue weighted by molar-refractivity contribution is -0.125. The number of methoxy groups -OCH3 is 1. The van der Waals surface area contributed by atoms with E-state index in [-0.39, 0.29) is 23.4 Å². The SMILES string of the molecule is COc1ccc2nc(C)nc(SCC(=O)c3ccc(CNC(=O)C4Cc5nccn5C4)s3)c2c1. The highest BCUT2D eigenvalue weighted by Gasteiger charge is 2.27. The van der Waals surface area contributed by atoms with E-state index in [1.165, 1.54) is 23.1 Å². The van der Waals surface area contributed by atoms with E-state index in [1.807, 2.05) is 48.0 Å². The molecule has 5 rings (SSSR count). The Bertz CT molecular complexity index is 1360. The second-order valence-corrected chi connectivity index (χ2v) is 10.2. The van der Waals surface area contributed by atoms with Gasteiger partial charge < -0.3 is 14.6 Å². The van der Waals surface area contributed by atoms with Crippen LogP contribution in [0.25, 0.3) is 10.9 Å². The van der Waals surface area contributed by atoms with Crippen molar-refractivity contribution in [2.45, 2.75) is 31.5 Å². The Kier molecular flexibility index (Phi) is 6.34. The molecule has 0 radical (unpaired) electrons. The number of imidazole rings is 1. The van der Waals surface area contributed by atoms with E-state index in [2.05, 4.69) is 20.3 Å². The number of nitrogens with zero attached hydrogens (tertiary/aromatic N) is 4. The normalized spacial score (nSPS) is 14.8. The third-order valence-corrected chi connectivity index (χ3v) is 7.83. The van der Waals surface area contributed by atoms with Crippen LogP contribution in [0.4, 0.5) is 0 Å². The molecule has 4 aromatic rings. The highest BCUT2D eigenvalue weighted by atomic mass is 32.2. The summed E-state index contributed by atoms with van der Waals surface area (Å²) in [5.41, 5.74) is 0.822. The van der Waals surface area contributed by atoms with E-state index in [1.54, 1.807) is 13.3 Å². The van der Waals surface area contributed by atoms with E-state index in [9.17, 15) is 9.59 Å². The minimum Gasteiger partial charge on any atom is -0.497 e. The summed E-state index contributed by atoms with van der Waals surface area (Å²) >= 11 is 2.81. The molecular formula is C24H23N5O3S2. The Hall–Kier alpha value is -3.24. The van der Waals surface area contributed by atoms with Crippen LogP contribution < -0.4 is 10.1 Å². The largest absolute Gasteiger partial charge is 0.497 e. The van der Waals surface area contributed by atoms with Gasteiger partial charge in [-0.1, -0.05) is 11.8 Å². The maximum atomic E-state index is 12.8. The lowest BCUT2D eigenvalue weighted by Crippen LogP contribution is -2.30. The van der Waals surface area contributed by atoms with Gasteiger partial charge in [0.1, 0.15) is 22.4 Å². The number of ketones is 1. The summed E-state index contributed by atoms with van der Waals surface area (Å²) in [4.78, 5) is 40.3. The maximum Gasteiger partial charge on any atom is 0.225 e. The van der Waals surface area contributed by atoms with Crippen molar-refractivity contribution in [2.24, 2.45) is 5.92 Å². The van der Waals surface area contributed by atoms with E-state index >= 15 is 0 Å². The van der Waals surface area contributed by atoms with Gasteiger partial charge in [0.25, 0.3) is 0 Å².